The van der Waals surface area contributed by atoms with Gasteiger partial charge in [0.1, 0.15) is 6.54 Å². The molecule has 8 heteroatoms. The highest BCUT2D eigenvalue weighted by Crippen LogP contribution is 2.12. The molecule has 1 aromatic carbocycles. The van der Waals surface area contributed by atoms with Crippen LogP contribution in [0.3, 0.4) is 0 Å². The van der Waals surface area contributed by atoms with Gasteiger partial charge in [0.25, 0.3) is 0 Å². The van der Waals surface area contributed by atoms with Crippen LogP contribution in [-0.4, -0.2) is 34.4 Å². The molecule has 0 aliphatic rings. The fourth-order valence-corrected chi connectivity index (χ4v) is 2.57. The number of carboxylic acids is 1. The molecule has 2 amide bonds. The zero-order valence-electron chi connectivity index (χ0n) is 12.8. The van der Waals surface area contributed by atoms with Gasteiger partial charge in [-0.2, -0.15) is 0 Å². The summed E-state index contributed by atoms with van der Waals surface area (Å²) in [5, 5.41) is 16.4. The van der Waals surface area contributed by atoms with Crippen LogP contribution < -0.4 is 10.6 Å². The first-order valence-electron chi connectivity index (χ1n) is 7.28. The Morgan fingerprint density at radius 3 is 2.50 bits per heavy atom. The van der Waals surface area contributed by atoms with Crippen LogP contribution in [0.4, 0.5) is 5.69 Å². The molecule has 0 unspecified atom stereocenters. The molecule has 0 fully saturated rings. The number of nitrogens with zero attached hydrogens (tertiary/aromatic N) is 1. The lowest BCUT2D eigenvalue weighted by atomic mass is 10.1. The molecule has 0 spiro atoms. The van der Waals surface area contributed by atoms with E-state index >= 15 is 0 Å². The molecular formula is C16H17N3O4S. The summed E-state index contributed by atoms with van der Waals surface area (Å²) < 4.78 is 0. The first kappa shape index (κ1) is 17.6. The molecule has 0 saturated heterocycles. The zero-order chi connectivity index (χ0) is 17.4. The van der Waals surface area contributed by atoms with E-state index in [1.54, 1.807) is 30.5 Å². The Balaban J connectivity index is 1.77. The minimum absolute atomic E-state index is 0.0888. The summed E-state index contributed by atoms with van der Waals surface area (Å²) in [5.74, 6) is -1.55. The standard InChI is InChI=1S/C16H17N3O4S/c20-13(5-6-15-17-7-8-24-15)19-12-3-1-11(2-4-12)9-14(21)18-10-16(22)23/h1-4,7-8H,5-6,9-10H2,(H,18,21)(H,19,20)(H,22,23). The van der Waals surface area contributed by atoms with Gasteiger partial charge in [-0.05, 0) is 17.7 Å². The van der Waals surface area contributed by atoms with E-state index in [-0.39, 0.29) is 18.2 Å². The minimum atomic E-state index is -1.08. The normalized spacial score (nSPS) is 10.2. The number of nitrogens with one attached hydrogen (secondary N) is 2. The number of aryl methyl sites for hydroxylation is 1. The van der Waals surface area contributed by atoms with Crippen LogP contribution in [0.15, 0.2) is 35.8 Å². The maximum Gasteiger partial charge on any atom is 0.322 e. The van der Waals surface area contributed by atoms with Gasteiger partial charge in [-0.25, -0.2) is 4.98 Å². The van der Waals surface area contributed by atoms with Gasteiger partial charge in [0, 0.05) is 30.1 Å². The van der Waals surface area contributed by atoms with Crippen LogP contribution in [0.25, 0.3) is 0 Å². The number of aliphatic carboxylic acids is 1. The van der Waals surface area contributed by atoms with Crippen LogP contribution in [0.2, 0.25) is 0 Å². The molecule has 1 heterocycles. The quantitative estimate of drug-likeness (QED) is 0.670. The lowest BCUT2D eigenvalue weighted by Gasteiger charge is -2.06. The maximum absolute atomic E-state index is 11.9. The smallest absolute Gasteiger partial charge is 0.322 e. The minimum Gasteiger partial charge on any atom is -0.480 e. The van der Waals surface area contributed by atoms with Crippen LogP contribution in [-0.2, 0) is 27.2 Å². The van der Waals surface area contributed by atoms with E-state index in [1.165, 1.54) is 11.3 Å². The summed E-state index contributed by atoms with van der Waals surface area (Å²) in [4.78, 5) is 37.9. The number of hydrogen-bond donors (Lipinski definition) is 3. The Hall–Kier alpha value is -2.74. The largest absolute Gasteiger partial charge is 0.480 e. The van der Waals surface area contributed by atoms with Crippen molar-refractivity contribution in [2.24, 2.45) is 0 Å². The molecule has 126 valence electrons. The van der Waals surface area contributed by atoms with E-state index in [4.69, 9.17) is 5.11 Å². The molecule has 0 radical (unpaired) electrons. The van der Waals surface area contributed by atoms with E-state index in [2.05, 4.69) is 15.6 Å². The van der Waals surface area contributed by atoms with Crippen LogP contribution in [0, 0.1) is 0 Å². The van der Waals surface area contributed by atoms with Crippen molar-refractivity contribution in [3.8, 4) is 0 Å². The predicted molar refractivity (Wildman–Crippen MR) is 89.9 cm³/mol. The van der Waals surface area contributed by atoms with Crippen molar-refractivity contribution in [1.29, 1.82) is 0 Å². The second kappa shape index (κ2) is 8.78. The number of hydrogen-bond acceptors (Lipinski definition) is 5. The summed E-state index contributed by atoms with van der Waals surface area (Å²) in [7, 11) is 0. The highest BCUT2D eigenvalue weighted by molar-refractivity contribution is 7.09. The monoisotopic (exact) mass is 347 g/mol. The van der Waals surface area contributed by atoms with E-state index in [0.717, 1.165) is 10.6 Å². The van der Waals surface area contributed by atoms with Gasteiger partial charge < -0.3 is 15.7 Å². The third-order valence-corrected chi connectivity index (χ3v) is 3.93. The van der Waals surface area contributed by atoms with Crippen LogP contribution >= 0.6 is 11.3 Å². The third kappa shape index (κ3) is 6.17. The fourth-order valence-electron chi connectivity index (χ4n) is 1.95. The number of benzene rings is 1. The second-order valence-electron chi connectivity index (χ2n) is 5.02. The Morgan fingerprint density at radius 2 is 1.88 bits per heavy atom. The SMILES string of the molecule is O=C(O)CNC(=O)Cc1ccc(NC(=O)CCc2nccs2)cc1. The molecule has 0 aliphatic heterocycles. The van der Waals surface area contributed by atoms with Crippen LogP contribution in [0.1, 0.15) is 17.0 Å². The molecule has 3 N–H and O–H groups in total. The van der Waals surface area contributed by atoms with Crippen molar-refractivity contribution < 1.29 is 19.5 Å². The third-order valence-electron chi connectivity index (χ3n) is 3.09. The Kier molecular flexibility index (Phi) is 6.44. The number of carboxylic acid groups (broad SMARTS) is 1. The zero-order valence-corrected chi connectivity index (χ0v) is 13.6. The number of carbonyl (C=O) groups is 3. The topological polar surface area (TPSA) is 108 Å². The fraction of sp³-hybridized carbons (Fsp3) is 0.250. The summed E-state index contributed by atoms with van der Waals surface area (Å²) >= 11 is 1.52. The summed E-state index contributed by atoms with van der Waals surface area (Å²) in [5.41, 5.74) is 1.38. The molecule has 2 aromatic rings. The average molecular weight is 347 g/mol. The number of carbonyl (C=O) groups excluding carboxylic acids is 2. The van der Waals surface area contributed by atoms with Gasteiger partial charge in [-0.15, -0.1) is 11.3 Å². The molecular weight excluding hydrogens is 330 g/mol. The first-order chi connectivity index (χ1) is 11.5. The second-order valence-corrected chi connectivity index (χ2v) is 6.00. The van der Waals surface area contributed by atoms with Gasteiger partial charge in [0.05, 0.1) is 11.4 Å². The molecule has 24 heavy (non-hydrogen) atoms. The van der Waals surface area contributed by atoms with Gasteiger partial charge in [-0.3, -0.25) is 14.4 Å². The molecule has 0 saturated carbocycles. The highest BCUT2D eigenvalue weighted by atomic mass is 32.1. The number of anilines is 1. The Bertz CT molecular complexity index is 699. The van der Waals surface area contributed by atoms with E-state index < -0.39 is 12.5 Å². The van der Waals surface area contributed by atoms with Crippen molar-refractivity contribution in [1.82, 2.24) is 10.3 Å². The van der Waals surface area contributed by atoms with Crippen molar-refractivity contribution in [3.05, 3.63) is 46.4 Å². The first-order valence-corrected chi connectivity index (χ1v) is 8.16. The van der Waals surface area contributed by atoms with E-state index in [0.29, 0.717) is 18.5 Å². The average Bonchev–Trinajstić information content (AvgIpc) is 3.06. The molecule has 0 atom stereocenters. The summed E-state index contributed by atoms with van der Waals surface area (Å²) in [6.45, 7) is -0.397. The molecule has 2 rings (SSSR count). The van der Waals surface area contributed by atoms with E-state index in [9.17, 15) is 14.4 Å². The molecule has 0 bridgehead atoms. The Morgan fingerprint density at radius 1 is 1.12 bits per heavy atom. The number of amides is 2. The maximum atomic E-state index is 11.9. The number of rotatable bonds is 8. The summed E-state index contributed by atoms with van der Waals surface area (Å²) in [6, 6.07) is 6.86. The highest BCUT2D eigenvalue weighted by Gasteiger charge is 2.07. The van der Waals surface area contributed by atoms with Gasteiger partial charge >= 0.3 is 5.97 Å². The lowest BCUT2D eigenvalue weighted by molar-refractivity contribution is -0.137. The van der Waals surface area contributed by atoms with Gasteiger partial charge in [-0.1, -0.05) is 12.1 Å². The van der Waals surface area contributed by atoms with Crippen molar-refractivity contribution in [2.75, 3.05) is 11.9 Å². The molecule has 7 nitrogen and oxygen atoms in total. The summed E-state index contributed by atoms with van der Waals surface area (Å²) in [6.07, 6.45) is 2.76. The van der Waals surface area contributed by atoms with Crippen molar-refractivity contribution in [3.63, 3.8) is 0 Å². The van der Waals surface area contributed by atoms with Crippen molar-refractivity contribution in [2.45, 2.75) is 19.3 Å². The van der Waals surface area contributed by atoms with E-state index in [1.807, 2.05) is 5.38 Å². The van der Waals surface area contributed by atoms with Gasteiger partial charge in [0.2, 0.25) is 11.8 Å². The van der Waals surface area contributed by atoms with Gasteiger partial charge in [0.15, 0.2) is 0 Å². The van der Waals surface area contributed by atoms with Crippen molar-refractivity contribution >= 4 is 34.8 Å². The Labute approximate surface area is 142 Å². The molecule has 1 aromatic heterocycles. The number of thiazole rings is 1. The lowest BCUT2D eigenvalue weighted by Crippen LogP contribution is -2.30. The number of aromatic nitrogens is 1. The van der Waals surface area contributed by atoms with Crippen LogP contribution in [0.5, 0.6) is 0 Å². The molecule has 0 aliphatic carbocycles. The predicted octanol–water partition coefficient (Wildman–Crippen LogP) is 1.46.